The van der Waals surface area contributed by atoms with Crippen molar-refractivity contribution in [1.82, 2.24) is 19.9 Å². The lowest BCUT2D eigenvalue weighted by atomic mass is 10.3. The molecule has 7 nitrogen and oxygen atoms in total. The van der Waals surface area contributed by atoms with Crippen LogP contribution < -0.4 is 15.1 Å². The third-order valence-corrected chi connectivity index (χ3v) is 3.83. The van der Waals surface area contributed by atoms with Crippen LogP contribution in [0.4, 0.5) is 17.6 Å². The summed E-state index contributed by atoms with van der Waals surface area (Å²) in [6.45, 7) is 4.75. The minimum Gasteiger partial charge on any atom is -0.364 e. The van der Waals surface area contributed by atoms with Gasteiger partial charge in [-0.2, -0.15) is 0 Å². The molecule has 3 heterocycles. The molecule has 0 amide bonds. The second-order valence-electron chi connectivity index (χ2n) is 6.00. The Morgan fingerprint density at radius 2 is 1.91 bits per heavy atom. The van der Waals surface area contributed by atoms with Crippen molar-refractivity contribution in [1.29, 1.82) is 0 Å². The van der Waals surface area contributed by atoms with Crippen molar-refractivity contribution in [3.63, 3.8) is 0 Å². The van der Waals surface area contributed by atoms with Gasteiger partial charge in [-0.3, -0.25) is 0 Å². The number of rotatable bonds is 5. The lowest BCUT2D eigenvalue weighted by molar-refractivity contribution is 0.912. The normalized spacial score (nSPS) is 14.1. The number of nitrogens with zero attached hydrogens (tertiary/aromatic N) is 6. The molecule has 0 aliphatic carbocycles. The van der Waals surface area contributed by atoms with E-state index >= 15 is 0 Å². The fraction of sp³-hybridized carbons (Fsp3) is 0.500. The van der Waals surface area contributed by atoms with E-state index in [1.54, 1.807) is 6.33 Å². The van der Waals surface area contributed by atoms with Crippen LogP contribution in [0.5, 0.6) is 0 Å². The number of anilines is 3. The van der Waals surface area contributed by atoms with E-state index < -0.39 is 0 Å². The first-order valence-corrected chi connectivity index (χ1v) is 7.94. The maximum absolute atomic E-state index is 4.55. The maximum Gasteiger partial charge on any atom is 0.225 e. The van der Waals surface area contributed by atoms with Gasteiger partial charge in [-0.05, 0) is 25.8 Å². The van der Waals surface area contributed by atoms with E-state index in [9.17, 15) is 0 Å². The van der Waals surface area contributed by atoms with E-state index in [0.29, 0.717) is 6.54 Å². The van der Waals surface area contributed by atoms with Gasteiger partial charge in [-0.1, -0.05) is 0 Å². The summed E-state index contributed by atoms with van der Waals surface area (Å²) < 4.78 is 0. The van der Waals surface area contributed by atoms with Crippen molar-refractivity contribution < 1.29 is 0 Å². The summed E-state index contributed by atoms with van der Waals surface area (Å²) in [6, 6.07) is 3.99. The highest BCUT2D eigenvalue weighted by molar-refractivity contribution is 5.49. The summed E-state index contributed by atoms with van der Waals surface area (Å²) in [5.74, 6) is 2.54. The van der Waals surface area contributed by atoms with E-state index in [4.69, 9.17) is 0 Å². The van der Waals surface area contributed by atoms with Gasteiger partial charge in [0.15, 0.2) is 0 Å². The summed E-state index contributed by atoms with van der Waals surface area (Å²) in [4.78, 5) is 21.8. The first kappa shape index (κ1) is 15.5. The molecular weight excluding hydrogens is 290 g/mol. The van der Waals surface area contributed by atoms with Crippen molar-refractivity contribution in [2.45, 2.75) is 26.3 Å². The largest absolute Gasteiger partial charge is 0.364 e. The monoisotopic (exact) mass is 313 g/mol. The van der Waals surface area contributed by atoms with Crippen LogP contribution in [0, 0.1) is 6.92 Å². The standard InChI is InChI=1S/C16H23N7/c1-12-8-13(21-16(20-12)22(2)3)10-17-14-9-15(19-11-18-14)23-6-4-5-7-23/h8-9,11H,4-7,10H2,1-3H3,(H,17,18,19). The molecule has 1 N–H and O–H groups in total. The highest BCUT2D eigenvalue weighted by atomic mass is 15.2. The van der Waals surface area contributed by atoms with Crippen LogP contribution in [-0.2, 0) is 6.54 Å². The van der Waals surface area contributed by atoms with Gasteiger partial charge in [0.25, 0.3) is 0 Å². The molecule has 1 aliphatic rings. The molecule has 0 radical (unpaired) electrons. The molecular formula is C16H23N7. The van der Waals surface area contributed by atoms with Gasteiger partial charge in [-0.15, -0.1) is 0 Å². The first-order chi connectivity index (χ1) is 11.1. The lowest BCUT2D eigenvalue weighted by Gasteiger charge is -2.17. The van der Waals surface area contributed by atoms with Gasteiger partial charge in [-0.25, -0.2) is 19.9 Å². The number of aromatic nitrogens is 4. The summed E-state index contributed by atoms with van der Waals surface area (Å²) in [5.41, 5.74) is 1.91. The zero-order chi connectivity index (χ0) is 16.2. The Morgan fingerprint density at radius 3 is 2.65 bits per heavy atom. The van der Waals surface area contributed by atoms with Gasteiger partial charge in [0.05, 0.1) is 12.2 Å². The molecule has 7 heteroatoms. The molecule has 3 rings (SSSR count). The van der Waals surface area contributed by atoms with Crippen LogP contribution in [0.25, 0.3) is 0 Å². The summed E-state index contributed by atoms with van der Waals surface area (Å²) in [6.07, 6.45) is 4.09. The SMILES string of the molecule is Cc1cc(CNc2cc(N3CCCC3)ncn2)nc(N(C)C)n1. The summed E-state index contributed by atoms with van der Waals surface area (Å²) >= 11 is 0. The van der Waals surface area contributed by atoms with E-state index in [2.05, 4.69) is 30.2 Å². The predicted molar refractivity (Wildman–Crippen MR) is 91.9 cm³/mol. The van der Waals surface area contributed by atoms with Gasteiger partial charge >= 0.3 is 0 Å². The van der Waals surface area contributed by atoms with E-state index in [1.165, 1.54) is 12.8 Å². The quantitative estimate of drug-likeness (QED) is 0.903. The van der Waals surface area contributed by atoms with Gasteiger partial charge in [0.1, 0.15) is 18.0 Å². The molecule has 0 aromatic carbocycles. The third kappa shape index (κ3) is 3.85. The number of aryl methyl sites for hydroxylation is 1. The van der Waals surface area contributed by atoms with Crippen molar-refractivity contribution in [3.05, 3.63) is 29.8 Å². The van der Waals surface area contributed by atoms with Crippen LogP contribution in [-0.4, -0.2) is 47.1 Å². The Hall–Kier alpha value is -2.44. The van der Waals surface area contributed by atoms with Crippen molar-refractivity contribution in [2.24, 2.45) is 0 Å². The predicted octanol–water partition coefficient (Wildman–Crippen LogP) is 1.85. The zero-order valence-corrected chi connectivity index (χ0v) is 14.0. The molecule has 1 fully saturated rings. The second kappa shape index (κ2) is 6.76. The Bertz CT molecular complexity index is 665. The lowest BCUT2D eigenvalue weighted by Crippen LogP contribution is -2.19. The Labute approximate surface area is 136 Å². The molecule has 0 atom stereocenters. The number of hydrogen-bond donors (Lipinski definition) is 1. The number of nitrogens with one attached hydrogen (secondary N) is 1. The molecule has 0 bridgehead atoms. The molecule has 2 aromatic heterocycles. The van der Waals surface area contributed by atoms with Crippen LogP contribution in [0.3, 0.4) is 0 Å². The molecule has 2 aromatic rings. The molecule has 23 heavy (non-hydrogen) atoms. The average molecular weight is 313 g/mol. The fourth-order valence-corrected chi connectivity index (χ4v) is 2.65. The number of hydrogen-bond acceptors (Lipinski definition) is 7. The van der Waals surface area contributed by atoms with Crippen molar-refractivity contribution in [2.75, 3.05) is 42.3 Å². The van der Waals surface area contributed by atoms with Crippen LogP contribution in [0.2, 0.25) is 0 Å². The van der Waals surface area contributed by atoms with Gasteiger partial charge in [0.2, 0.25) is 5.95 Å². The first-order valence-electron chi connectivity index (χ1n) is 7.94. The third-order valence-electron chi connectivity index (χ3n) is 3.83. The molecule has 0 spiro atoms. The molecule has 0 saturated carbocycles. The van der Waals surface area contributed by atoms with E-state index in [-0.39, 0.29) is 0 Å². The maximum atomic E-state index is 4.55. The van der Waals surface area contributed by atoms with Gasteiger partial charge < -0.3 is 15.1 Å². The Balaban J connectivity index is 1.69. The minimum atomic E-state index is 0.612. The smallest absolute Gasteiger partial charge is 0.225 e. The Kier molecular flexibility index (Phi) is 4.55. The molecule has 0 unspecified atom stereocenters. The van der Waals surface area contributed by atoms with E-state index in [0.717, 1.165) is 42.1 Å². The topological polar surface area (TPSA) is 70.1 Å². The van der Waals surface area contributed by atoms with E-state index in [1.807, 2.05) is 38.1 Å². The highest BCUT2D eigenvalue weighted by Crippen LogP contribution is 2.19. The fourth-order valence-electron chi connectivity index (χ4n) is 2.65. The Morgan fingerprint density at radius 1 is 1.13 bits per heavy atom. The van der Waals surface area contributed by atoms with Crippen LogP contribution >= 0.6 is 0 Å². The van der Waals surface area contributed by atoms with Crippen LogP contribution in [0.15, 0.2) is 18.5 Å². The van der Waals surface area contributed by atoms with Gasteiger partial charge in [0, 0.05) is 38.9 Å². The van der Waals surface area contributed by atoms with Crippen LogP contribution in [0.1, 0.15) is 24.2 Å². The van der Waals surface area contributed by atoms with Crippen molar-refractivity contribution in [3.8, 4) is 0 Å². The average Bonchev–Trinajstić information content (AvgIpc) is 3.07. The summed E-state index contributed by atoms with van der Waals surface area (Å²) in [5, 5.41) is 3.33. The minimum absolute atomic E-state index is 0.612. The highest BCUT2D eigenvalue weighted by Gasteiger charge is 2.14. The molecule has 1 aliphatic heterocycles. The second-order valence-corrected chi connectivity index (χ2v) is 6.00. The summed E-state index contributed by atoms with van der Waals surface area (Å²) in [7, 11) is 3.89. The molecule has 122 valence electrons. The van der Waals surface area contributed by atoms with Crippen molar-refractivity contribution >= 4 is 17.6 Å². The molecule has 1 saturated heterocycles. The zero-order valence-electron chi connectivity index (χ0n) is 14.0.